The lowest BCUT2D eigenvalue weighted by atomic mass is 9.88. The third kappa shape index (κ3) is 7.02. The van der Waals surface area contributed by atoms with Crippen molar-refractivity contribution >= 4 is 28.3 Å². The predicted octanol–water partition coefficient (Wildman–Crippen LogP) is 5.55. The zero-order valence-corrected chi connectivity index (χ0v) is 28.5. The smallest absolute Gasteiger partial charge is 0.258 e. The van der Waals surface area contributed by atoms with E-state index in [9.17, 15) is 18.8 Å². The fourth-order valence-corrected chi connectivity index (χ4v) is 7.92. The second kappa shape index (κ2) is 14.3. The molecule has 11 heteroatoms. The van der Waals surface area contributed by atoms with Crippen LogP contribution in [-0.4, -0.2) is 71.6 Å². The van der Waals surface area contributed by atoms with E-state index in [-0.39, 0.29) is 29.2 Å². The van der Waals surface area contributed by atoms with Gasteiger partial charge in [0.25, 0.3) is 5.56 Å². The van der Waals surface area contributed by atoms with E-state index in [4.69, 9.17) is 4.74 Å². The van der Waals surface area contributed by atoms with Crippen molar-refractivity contribution in [1.29, 1.82) is 0 Å². The molecular formula is C39H43F2N5O4. The minimum atomic E-state index is -0.461. The zero-order chi connectivity index (χ0) is 34.9. The van der Waals surface area contributed by atoms with Crippen molar-refractivity contribution in [2.24, 2.45) is 7.05 Å². The number of aryl methyl sites for hydroxylation is 1. The molecule has 0 spiro atoms. The highest BCUT2D eigenvalue weighted by atomic mass is 19.1. The third-order valence-corrected chi connectivity index (χ3v) is 10.8. The number of hydrogen-bond acceptors (Lipinski definition) is 7. The molecule has 0 aliphatic carbocycles. The second-order valence-electron chi connectivity index (χ2n) is 13.9. The van der Waals surface area contributed by atoms with Crippen molar-refractivity contribution in [2.75, 3.05) is 38.6 Å². The Morgan fingerprint density at radius 3 is 2.32 bits per heavy atom. The number of pyridine rings is 1. The molecule has 3 saturated heterocycles. The van der Waals surface area contributed by atoms with Crippen molar-refractivity contribution in [1.82, 2.24) is 19.7 Å². The van der Waals surface area contributed by atoms with Crippen molar-refractivity contribution in [2.45, 2.75) is 63.1 Å². The predicted molar refractivity (Wildman–Crippen MR) is 189 cm³/mol. The van der Waals surface area contributed by atoms with Gasteiger partial charge >= 0.3 is 0 Å². The number of imide groups is 1. The molecule has 262 valence electrons. The molecule has 3 aliphatic heterocycles. The number of amides is 2. The van der Waals surface area contributed by atoms with Crippen LogP contribution in [0.4, 0.5) is 14.5 Å². The van der Waals surface area contributed by atoms with E-state index in [1.165, 1.54) is 41.5 Å². The first-order chi connectivity index (χ1) is 24.2. The zero-order valence-electron chi connectivity index (χ0n) is 28.5. The van der Waals surface area contributed by atoms with E-state index < -0.39 is 5.82 Å². The van der Waals surface area contributed by atoms with Crippen LogP contribution >= 0.6 is 0 Å². The maximum Gasteiger partial charge on any atom is 0.258 e. The molecule has 2 N–H and O–H groups in total. The Morgan fingerprint density at radius 1 is 0.880 bits per heavy atom. The highest BCUT2D eigenvalue weighted by Gasteiger charge is 2.30. The Labute approximate surface area is 290 Å². The van der Waals surface area contributed by atoms with Gasteiger partial charge in [-0.25, -0.2) is 8.78 Å². The number of carbonyl (C=O) groups excluding carboxylic acids is 2. The molecule has 0 saturated carbocycles. The van der Waals surface area contributed by atoms with Crippen LogP contribution in [0.2, 0.25) is 0 Å². The summed E-state index contributed by atoms with van der Waals surface area (Å²) in [6.07, 6.45) is 6.68. The van der Waals surface area contributed by atoms with Crippen molar-refractivity contribution in [3.8, 4) is 16.9 Å². The number of nitrogens with zero attached hydrogens (tertiary/aromatic N) is 3. The molecule has 1 unspecified atom stereocenters. The lowest BCUT2D eigenvalue weighted by Gasteiger charge is -2.42. The summed E-state index contributed by atoms with van der Waals surface area (Å²) in [5, 5.41) is 6.46. The number of fused-ring (bicyclic) bond motifs is 1. The monoisotopic (exact) mass is 683 g/mol. The van der Waals surface area contributed by atoms with Gasteiger partial charge in [-0.05, 0) is 123 Å². The van der Waals surface area contributed by atoms with Gasteiger partial charge in [0, 0.05) is 54.5 Å². The fourth-order valence-electron chi connectivity index (χ4n) is 7.92. The highest BCUT2D eigenvalue weighted by molar-refractivity contribution is 6.01. The number of anilines is 1. The summed E-state index contributed by atoms with van der Waals surface area (Å²) in [5.74, 6) is -0.404. The molecule has 3 fully saturated rings. The Kier molecular flexibility index (Phi) is 9.70. The molecule has 1 atom stereocenters. The van der Waals surface area contributed by atoms with Crippen LogP contribution in [0.5, 0.6) is 5.75 Å². The normalized spacial score (nSPS) is 19.9. The summed E-state index contributed by atoms with van der Waals surface area (Å²) >= 11 is 0. The molecule has 7 rings (SSSR count). The third-order valence-electron chi connectivity index (χ3n) is 10.8. The van der Waals surface area contributed by atoms with E-state index in [1.807, 2.05) is 12.1 Å². The van der Waals surface area contributed by atoms with Crippen molar-refractivity contribution in [3.63, 3.8) is 0 Å². The number of aromatic nitrogens is 1. The summed E-state index contributed by atoms with van der Waals surface area (Å²) in [4.78, 5) is 41.1. The summed E-state index contributed by atoms with van der Waals surface area (Å²) in [6, 6.07) is 15.8. The van der Waals surface area contributed by atoms with Gasteiger partial charge in [-0.2, -0.15) is 0 Å². The molecule has 4 aromatic rings. The lowest BCUT2D eigenvalue weighted by Crippen LogP contribution is -2.47. The first-order valence-corrected chi connectivity index (χ1v) is 17.5. The number of nitrogens with one attached hydrogen (secondary N) is 2. The van der Waals surface area contributed by atoms with Crippen molar-refractivity contribution < 1.29 is 23.1 Å². The standard InChI is InChI=1S/C39H43F2N5O4/c1-44-22-32(31-21-27(40)5-8-30(31)39(44)49)26-19-34(41)33(36(20-26)50-2)23-45-15-13-29(14-16-45)46-17-11-25(12-18-46)24-3-6-28(7-4-24)42-35-9-10-37(47)43-38(35)48/h3-8,19-22,25,29,35,42H,9-18,23H2,1-2H3,(H,43,47,48). The van der Waals surface area contributed by atoms with Crippen LogP contribution in [-0.2, 0) is 23.2 Å². The van der Waals surface area contributed by atoms with E-state index in [0.717, 1.165) is 57.5 Å². The van der Waals surface area contributed by atoms with Gasteiger partial charge < -0.3 is 19.5 Å². The number of rotatable bonds is 8. The Balaban J connectivity index is 0.938. The molecule has 4 heterocycles. The lowest BCUT2D eigenvalue weighted by molar-refractivity contribution is -0.133. The maximum atomic E-state index is 15.8. The highest BCUT2D eigenvalue weighted by Crippen LogP contribution is 2.35. The van der Waals surface area contributed by atoms with E-state index in [2.05, 4.69) is 32.6 Å². The minimum Gasteiger partial charge on any atom is -0.496 e. The number of methoxy groups -OCH3 is 1. The first-order valence-electron chi connectivity index (χ1n) is 17.5. The average Bonchev–Trinajstić information content (AvgIpc) is 3.12. The van der Waals surface area contributed by atoms with E-state index in [0.29, 0.717) is 64.6 Å². The Morgan fingerprint density at radius 2 is 1.62 bits per heavy atom. The van der Waals surface area contributed by atoms with Gasteiger partial charge in [0.2, 0.25) is 11.8 Å². The van der Waals surface area contributed by atoms with Crippen LogP contribution in [0.15, 0.2) is 65.6 Å². The fraction of sp³-hybridized carbons (Fsp3) is 0.410. The number of carbonyl (C=O) groups is 2. The molecule has 9 nitrogen and oxygen atoms in total. The SMILES string of the molecule is COc1cc(-c2cn(C)c(=O)c3ccc(F)cc23)cc(F)c1CN1CCC(N2CCC(c3ccc(NC4CCC(=O)NC4=O)cc3)CC2)CC1. The summed E-state index contributed by atoms with van der Waals surface area (Å²) in [5.41, 5.74) is 3.54. The van der Waals surface area contributed by atoms with Crippen LogP contribution in [0.25, 0.3) is 21.9 Å². The average molecular weight is 684 g/mol. The summed E-state index contributed by atoms with van der Waals surface area (Å²) in [6.45, 7) is 4.24. The van der Waals surface area contributed by atoms with Crippen LogP contribution < -0.4 is 20.9 Å². The molecular weight excluding hydrogens is 640 g/mol. The summed E-state index contributed by atoms with van der Waals surface area (Å²) < 4.78 is 37.1. The Bertz CT molecular complexity index is 1960. The van der Waals surface area contributed by atoms with E-state index in [1.54, 1.807) is 19.3 Å². The number of piperidine rings is 3. The molecule has 3 aliphatic rings. The molecule has 3 aromatic carbocycles. The van der Waals surface area contributed by atoms with Gasteiger partial charge in [-0.3, -0.25) is 24.6 Å². The van der Waals surface area contributed by atoms with Crippen LogP contribution in [0, 0.1) is 11.6 Å². The van der Waals surface area contributed by atoms with Crippen molar-refractivity contribution in [3.05, 3.63) is 93.9 Å². The van der Waals surface area contributed by atoms with Crippen LogP contribution in [0.1, 0.15) is 55.6 Å². The molecule has 1 aromatic heterocycles. The van der Waals surface area contributed by atoms with Gasteiger partial charge in [-0.15, -0.1) is 0 Å². The number of hydrogen-bond donors (Lipinski definition) is 2. The number of likely N-dealkylation sites (tertiary alicyclic amines) is 2. The largest absolute Gasteiger partial charge is 0.496 e. The number of halogens is 2. The molecule has 0 bridgehead atoms. The molecule has 2 amide bonds. The van der Waals surface area contributed by atoms with E-state index >= 15 is 4.39 Å². The quantitative estimate of drug-likeness (QED) is 0.235. The summed E-state index contributed by atoms with van der Waals surface area (Å²) in [7, 11) is 3.16. The second-order valence-corrected chi connectivity index (χ2v) is 13.9. The minimum absolute atomic E-state index is 0.214. The number of benzene rings is 3. The molecule has 0 radical (unpaired) electrons. The molecule has 50 heavy (non-hydrogen) atoms. The van der Waals surface area contributed by atoms with Crippen LogP contribution in [0.3, 0.4) is 0 Å². The number of ether oxygens (including phenoxy) is 1. The van der Waals surface area contributed by atoms with Gasteiger partial charge in [0.1, 0.15) is 23.4 Å². The van der Waals surface area contributed by atoms with Gasteiger partial charge in [0.15, 0.2) is 0 Å². The van der Waals surface area contributed by atoms with Gasteiger partial charge in [-0.1, -0.05) is 12.1 Å². The Hall–Kier alpha value is -4.61. The van der Waals surface area contributed by atoms with Gasteiger partial charge in [0.05, 0.1) is 7.11 Å². The maximum absolute atomic E-state index is 15.8. The topological polar surface area (TPSA) is 95.9 Å². The first kappa shape index (κ1) is 33.9.